The summed E-state index contributed by atoms with van der Waals surface area (Å²) < 4.78 is 10.6. The SMILES string of the molecule is CCOC(=O)C1=C(N(C(=O)CC)c2ccccc2)c2ccc(OC)cc2C1. The first-order valence-electron chi connectivity index (χ1n) is 9.06. The number of methoxy groups -OCH3 is 1. The zero-order valence-electron chi connectivity index (χ0n) is 15.8. The molecule has 5 nitrogen and oxygen atoms in total. The largest absolute Gasteiger partial charge is 0.497 e. The maximum absolute atomic E-state index is 12.9. The van der Waals surface area contributed by atoms with Crippen LogP contribution < -0.4 is 9.64 Å². The highest BCUT2D eigenvalue weighted by Crippen LogP contribution is 2.40. The average molecular weight is 365 g/mol. The van der Waals surface area contributed by atoms with Gasteiger partial charge in [0, 0.05) is 24.1 Å². The molecule has 2 aromatic carbocycles. The minimum atomic E-state index is -0.396. The quantitative estimate of drug-likeness (QED) is 0.727. The molecule has 1 amide bonds. The Morgan fingerprint density at radius 1 is 1.07 bits per heavy atom. The Labute approximate surface area is 159 Å². The van der Waals surface area contributed by atoms with Gasteiger partial charge < -0.3 is 9.47 Å². The van der Waals surface area contributed by atoms with Crippen molar-refractivity contribution in [2.24, 2.45) is 0 Å². The number of fused-ring (bicyclic) bond motifs is 1. The Kier molecular flexibility index (Phi) is 5.60. The van der Waals surface area contributed by atoms with Gasteiger partial charge in [0.15, 0.2) is 0 Å². The molecule has 5 heteroatoms. The molecule has 0 spiro atoms. The highest BCUT2D eigenvalue weighted by molar-refractivity contribution is 6.13. The molecule has 0 saturated heterocycles. The molecule has 2 aromatic rings. The fourth-order valence-electron chi connectivity index (χ4n) is 3.29. The number of amides is 1. The lowest BCUT2D eigenvalue weighted by Gasteiger charge is -2.25. The molecule has 0 fully saturated rings. The van der Waals surface area contributed by atoms with Crippen LogP contribution in [0, 0.1) is 0 Å². The topological polar surface area (TPSA) is 55.8 Å². The summed E-state index contributed by atoms with van der Waals surface area (Å²) in [5.74, 6) is 0.237. The molecule has 0 saturated carbocycles. The number of rotatable bonds is 6. The Hall–Kier alpha value is -3.08. The Morgan fingerprint density at radius 2 is 1.81 bits per heavy atom. The molecule has 0 aromatic heterocycles. The molecule has 0 aliphatic heterocycles. The van der Waals surface area contributed by atoms with E-state index in [0.717, 1.165) is 16.8 Å². The number of hydrogen-bond acceptors (Lipinski definition) is 4. The van der Waals surface area contributed by atoms with Crippen LogP contribution in [-0.2, 0) is 20.7 Å². The lowest BCUT2D eigenvalue weighted by atomic mass is 10.1. The molecule has 3 rings (SSSR count). The van der Waals surface area contributed by atoms with E-state index in [1.807, 2.05) is 55.5 Å². The molecule has 0 heterocycles. The molecule has 1 aliphatic rings. The van der Waals surface area contributed by atoms with E-state index in [0.29, 0.717) is 29.9 Å². The van der Waals surface area contributed by atoms with Gasteiger partial charge in [-0.25, -0.2) is 4.79 Å². The second-order valence-corrected chi connectivity index (χ2v) is 6.17. The van der Waals surface area contributed by atoms with E-state index in [9.17, 15) is 9.59 Å². The molecule has 0 atom stereocenters. The minimum Gasteiger partial charge on any atom is -0.497 e. The van der Waals surface area contributed by atoms with Crippen molar-refractivity contribution in [1.29, 1.82) is 0 Å². The first kappa shape index (κ1) is 18.7. The standard InChI is InChI=1S/C22H23NO4/c1-4-20(24)23(16-9-7-6-8-10-16)21-18-12-11-17(26-3)13-15(18)14-19(21)22(25)27-5-2/h6-13H,4-5,14H2,1-3H3. The average Bonchev–Trinajstić information content (AvgIpc) is 3.07. The van der Waals surface area contributed by atoms with Gasteiger partial charge in [-0.1, -0.05) is 25.1 Å². The van der Waals surface area contributed by atoms with Crippen LogP contribution in [0.3, 0.4) is 0 Å². The molecule has 0 radical (unpaired) electrons. The third-order valence-electron chi connectivity index (χ3n) is 4.53. The van der Waals surface area contributed by atoms with Crippen molar-refractivity contribution < 1.29 is 19.1 Å². The van der Waals surface area contributed by atoms with Gasteiger partial charge in [0.05, 0.1) is 25.0 Å². The summed E-state index contributed by atoms with van der Waals surface area (Å²) in [6.07, 6.45) is 0.723. The van der Waals surface area contributed by atoms with Gasteiger partial charge in [0.25, 0.3) is 0 Å². The van der Waals surface area contributed by atoms with Crippen LogP contribution in [0.1, 0.15) is 31.4 Å². The maximum atomic E-state index is 12.9. The number of para-hydroxylation sites is 1. The Bertz CT molecular complexity index is 886. The number of hydrogen-bond donors (Lipinski definition) is 0. The second kappa shape index (κ2) is 8.08. The van der Waals surface area contributed by atoms with E-state index in [2.05, 4.69) is 0 Å². The predicted molar refractivity (Wildman–Crippen MR) is 104 cm³/mol. The van der Waals surface area contributed by atoms with Crippen LogP contribution in [0.4, 0.5) is 5.69 Å². The normalized spacial score (nSPS) is 12.6. The van der Waals surface area contributed by atoms with E-state index >= 15 is 0 Å². The van der Waals surface area contributed by atoms with Crippen molar-refractivity contribution in [2.45, 2.75) is 26.7 Å². The van der Waals surface area contributed by atoms with E-state index in [4.69, 9.17) is 9.47 Å². The molecule has 0 bridgehead atoms. The van der Waals surface area contributed by atoms with Gasteiger partial charge in [-0.2, -0.15) is 0 Å². The fraction of sp³-hybridized carbons (Fsp3) is 0.273. The number of anilines is 1. The number of ether oxygens (including phenoxy) is 2. The van der Waals surface area contributed by atoms with Gasteiger partial charge >= 0.3 is 5.97 Å². The van der Waals surface area contributed by atoms with Crippen molar-refractivity contribution in [3.05, 3.63) is 65.2 Å². The van der Waals surface area contributed by atoms with Crippen LogP contribution in [0.15, 0.2) is 54.1 Å². The van der Waals surface area contributed by atoms with Crippen LogP contribution in [0.2, 0.25) is 0 Å². The molecule has 0 N–H and O–H groups in total. The van der Waals surface area contributed by atoms with E-state index in [1.54, 1.807) is 18.9 Å². The molecule has 0 unspecified atom stereocenters. The number of benzene rings is 2. The van der Waals surface area contributed by atoms with Gasteiger partial charge in [-0.3, -0.25) is 9.69 Å². The van der Waals surface area contributed by atoms with Gasteiger partial charge in [0.2, 0.25) is 5.91 Å². The summed E-state index contributed by atoms with van der Waals surface area (Å²) in [7, 11) is 1.61. The summed E-state index contributed by atoms with van der Waals surface area (Å²) in [5.41, 5.74) is 3.61. The summed E-state index contributed by atoms with van der Waals surface area (Å²) in [5, 5.41) is 0. The fourth-order valence-corrected chi connectivity index (χ4v) is 3.29. The zero-order valence-corrected chi connectivity index (χ0v) is 15.8. The van der Waals surface area contributed by atoms with E-state index in [-0.39, 0.29) is 12.5 Å². The van der Waals surface area contributed by atoms with E-state index in [1.165, 1.54) is 0 Å². The Morgan fingerprint density at radius 3 is 2.44 bits per heavy atom. The summed E-state index contributed by atoms with van der Waals surface area (Å²) in [6.45, 7) is 3.87. The van der Waals surface area contributed by atoms with Crippen LogP contribution in [0.5, 0.6) is 5.75 Å². The van der Waals surface area contributed by atoms with Gasteiger partial charge in [-0.15, -0.1) is 0 Å². The monoisotopic (exact) mass is 365 g/mol. The van der Waals surface area contributed by atoms with Crippen molar-refractivity contribution >= 4 is 23.3 Å². The lowest BCUT2D eigenvalue weighted by Crippen LogP contribution is -2.30. The number of carbonyl (C=O) groups is 2. The first-order chi connectivity index (χ1) is 13.1. The molecule has 27 heavy (non-hydrogen) atoms. The molecule has 140 valence electrons. The number of carbonyl (C=O) groups excluding carboxylic acids is 2. The number of nitrogens with zero attached hydrogens (tertiary/aromatic N) is 1. The van der Waals surface area contributed by atoms with Gasteiger partial charge in [-0.05, 0) is 42.8 Å². The Balaban J connectivity index is 2.20. The second-order valence-electron chi connectivity index (χ2n) is 6.17. The predicted octanol–water partition coefficient (Wildman–Crippen LogP) is 3.97. The lowest BCUT2D eigenvalue weighted by molar-refractivity contribution is -0.138. The first-order valence-corrected chi connectivity index (χ1v) is 9.06. The number of esters is 1. The van der Waals surface area contributed by atoms with Crippen LogP contribution >= 0.6 is 0 Å². The summed E-state index contributed by atoms with van der Waals surface area (Å²) in [4.78, 5) is 27.2. The maximum Gasteiger partial charge on any atom is 0.336 e. The van der Waals surface area contributed by atoms with Crippen molar-refractivity contribution in [3.63, 3.8) is 0 Å². The van der Waals surface area contributed by atoms with Crippen molar-refractivity contribution in [1.82, 2.24) is 0 Å². The van der Waals surface area contributed by atoms with E-state index < -0.39 is 5.97 Å². The molecular formula is C22H23NO4. The van der Waals surface area contributed by atoms with Crippen LogP contribution in [0.25, 0.3) is 5.70 Å². The smallest absolute Gasteiger partial charge is 0.336 e. The summed E-state index contributed by atoms with van der Waals surface area (Å²) >= 11 is 0. The van der Waals surface area contributed by atoms with Crippen molar-refractivity contribution in [3.8, 4) is 5.75 Å². The van der Waals surface area contributed by atoms with Crippen LogP contribution in [-0.4, -0.2) is 25.6 Å². The molecular weight excluding hydrogens is 342 g/mol. The summed E-state index contributed by atoms with van der Waals surface area (Å²) in [6, 6.07) is 15.0. The third-order valence-corrected chi connectivity index (χ3v) is 4.53. The highest BCUT2D eigenvalue weighted by atomic mass is 16.5. The van der Waals surface area contributed by atoms with Crippen molar-refractivity contribution in [2.75, 3.05) is 18.6 Å². The van der Waals surface area contributed by atoms with Gasteiger partial charge in [0.1, 0.15) is 5.75 Å². The zero-order chi connectivity index (χ0) is 19.4. The molecule has 1 aliphatic carbocycles. The highest BCUT2D eigenvalue weighted by Gasteiger charge is 2.33. The third kappa shape index (κ3) is 3.58. The minimum absolute atomic E-state index is 0.0818.